The third kappa shape index (κ3) is 6.20. The zero-order chi connectivity index (χ0) is 24.1. The van der Waals surface area contributed by atoms with Crippen LogP contribution in [0.4, 0.5) is 5.69 Å². The molecule has 2 aromatic carbocycles. The minimum absolute atomic E-state index is 0.00318. The number of nitrogens with zero attached hydrogens (tertiary/aromatic N) is 1. The van der Waals surface area contributed by atoms with Crippen molar-refractivity contribution in [3.8, 4) is 17.2 Å². The molecular weight excluding hydrogens is 434 g/mol. The largest absolute Gasteiger partial charge is 0.493 e. The van der Waals surface area contributed by atoms with Gasteiger partial charge in [-0.2, -0.15) is 0 Å². The minimum atomic E-state index is -0.0768. The first-order valence-electron chi connectivity index (χ1n) is 11.7. The maximum atomic E-state index is 12.7. The van der Waals surface area contributed by atoms with Gasteiger partial charge in [0.15, 0.2) is 11.5 Å². The first-order chi connectivity index (χ1) is 16.5. The van der Waals surface area contributed by atoms with Crippen LogP contribution in [0, 0.1) is 0 Å². The molecule has 8 heteroatoms. The summed E-state index contributed by atoms with van der Waals surface area (Å²) in [5.41, 5.74) is 2.43. The first kappa shape index (κ1) is 23.9. The number of methoxy groups -OCH3 is 3. The van der Waals surface area contributed by atoms with E-state index in [1.165, 1.54) is 0 Å². The van der Waals surface area contributed by atoms with Gasteiger partial charge in [-0.1, -0.05) is 12.1 Å². The zero-order valence-electron chi connectivity index (χ0n) is 20.1. The fourth-order valence-corrected chi connectivity index (χ4v) is 3.94. The van der Waals surface area contributed by atoms with Gasteiger partial charge in [0.05, 0.1) is 21.3 Å². The quantitative estimate of drug-likeness (QED) is 0.496. The Morgan fingerprint density at radius 1 is 0.941 bits per heavy atom. The minimum Gasteiger partial charge on any atom is -0.493 e. The number of amides is 2. The summed E-state index contributed by atoms with van der Waals surface area (Å²) in [6.07, 6.45) is 4.82. The monoisotopic (exact) mass is 467 g/mol. The predicted molar refractivity (Wildman–Crippen MR) is 130 cm³/mol. The Balaban J connectivity index is 1.32. The molecule has 0 aromatic heterocycles. The van der Waals surface area contributed by atoms with E-state index in [-0.39, 0.29) is 11.8 Å². The van der Waals surface area contributed by atoms with E-state index in [0.717, 1.165) is 37.8 Å². The van der Waals surface area contributed by atoms with Crippen LogP contribution < -0.4 is 24.8 Å². The van der Waals surface area contributed by atoms with E-state index >= 15 is 0 Å². The number of carbonyl (C=O) groups is 2. The Morgan fingerprint density at radius 3 is 2.12 bits per heavy atom. The number of nitrogens with one attached hydrogen (secondary N) is 2. The fourth-order valence-electron chi connectivity index (χ4n) is 3.94. The van der Waals surface area contributed by atoms with Crippen molar-refractivity contribution in [3.63, 3.8) is 0 Å². The molecule has 0 unspecified atom stereocenters. The Bertz CT molecular complexity index is 991. The SMILES string of the molecule is COc1cc(NC(=O)CCN(Cc2ccc(C(=O)NC3CC3)cc2)C2CC2)cc(OC)c1OC. The van der Waals surface area contributed by atoms with Gasteiger partial charge < -0.3 is 24.8 Å². The van der Waals surface area contributed by atoms with Crippen LogP contribution in [0.15, 0.2) is 36.4 Å². The molecule has 0 spiro atoms. The van der Waals surface area contributed by atoms with Crippen LogP contribution in [0.2, 0.25) is 0 Å². The Kier molecular flexibility index (Phi) is 7.57. The van der Waals surface area contributed by atoms with Crippen molar-refractivity contribution in [2.24, 2.45) is 0 Å². The summed E-state index contributed by atoms with van der Waals surface area (Å²) in [5.74, 6) is 1.39. The van der Waals surface area contributed by atoms with Crippen molar-refractivity contribution >= 4 is 17.5 Å². The van der Waals surface area contributed by atoms with Gasteiger partial charge >= 0.3 is 0 Å². The third-order valence-corrected chi connectivity index (χ3v) is 6.15. The topological polar surface area (TPSA) is 89.1 Å². The van der Waals surface area contributed by atoms with E-state index in [1.54, 1.807) is 33.5 Å². The van der Waals surface area contributed by atoms with Crippen molar-refractivity contribution in [1.29, 1.82) is 0 Å². The third-order valence-electron chi connectivity index (χ3n) is 6.15. The van der Waals surface area contributed by atoms with Gasteiger partial charge in [0.2, 0.25) is 11.7 Å². The molecule has 0 radical (unpaired) electrons. The summed E-state index contributed by atoms with van der Waals surface area (Å²) in [7, 11) is 4.63. The van der Waals surface area contributed by atoms with Gasteiger partial charge in [0.1, 0.15) is 0 Å². The zero-order valence-corrected chi connectivity index (χ0v) is 20.1. The standard InChI is InChI=1S/C26H33N3O5/c1-32-22-14-20(15-23(33-2)25(22)34-3)27-24(30)12-13-29(21-10-11-21)16-17-4-6-18(7-5-17)26(31)28-19-8-9-19/h4-7,14-15,19,21H,8-13,16H2,1-3H3,(H,27,30)(H,28,31). The maximum absolute atomic E-state index is 12.7. The lowest BCUT2D eigenvalue weighted by Crippen LogP contribution is -2.29. The van der Waals surface area contributed by atoms with E-state index in [0.29, 0.717) is 53.5 Å². The molecule has 4 rings (SSSR count). The van der Waals surface area contributed by atoms with Crippen molar-refractivity contribution < 1.29 is 23.8 Å². The van der Waals surface area contributed by atoms with Gasteiger partial charge in [-0.15, -0.1) is 0 Å². The van der Waals surface area contributed by atoms with Crippen molar-refractivity contribution in [2.45, 2.75) is 50.7 Å². The van der Waals surface area contributed by atoms with Gasteiger partial charge in [-0.3, -0.25) is 14.5 Å². The highest BCUT2D eigenvalue weighted by molar-refractivity contribution is 5.94. The van der Waals surface area contributed by atoms with Crippen LogP contribution in [0.5, 0.6) is 17.2 Å². The lowest BCUT2D eigenvalue weighted by molar-refractivity contribution is -0.116. The summed E-state index contributed by atoms with van der Waals surface area (Å²) in [4.78, 5) is 27.2. The lowest BCUT2D eigenvalue weighted by Gasteiger charge is -2.22. The summed E-state index contributed by atoms with van der Waals surface area (Å²) in [6, 6.07) is 12.1. The van der Waals surface area contributed by atoms with E-state index < -0.39 is 0 Å². The van der Waals surface area contributed by atoms with Crippen LogP contribution in [0.1, 0.15) is 48.0 Å². The average Bonchev–Trinajstić information content (AvgIpc) is 3.76. The van der Waals surface area contributed by atoms with Crippen LogP contribution >= 0.6 is 0 Å². The number of hydrogen-bond donors (Lipinski definition) is 2. The molecule has 34 heavy (non-hydrogen) atoms. The van der Waals surface area contributed by atoms with Crippen LogP contribution in [0.25, 0.3) is 0 Å². The molecule has 0 bridgehead atoms. The van der Waals surface area contributed by atoms with Crippen molar-refractivity contribution in [2.75, 3.05) is 33.2 Å². The van der Waals surface area contributed by atoms with Crippen LogP contribution in [0.3, 0.4) is 0 Å². The smallest absolute Gasteiger partial charge is 0.251 e. The summed E-state index contributed by atoms with van der Waals surface area (Å²) in [5, 5.41) is 5.95. The molecule has 182 valence electrons. The Morgan fingerprint density at radius 2 is 1.59 bits per heavy atom. The summed E-state index contributed by atoms with van der Waals surface area (Å²) < 4.78 is 16.1. The summed E-state index contributed by atoms with van der Waals surface area (Å²) in [6.45, 7) is 1.41. The number of rotatable bonds is 12. The molecule has 0 aliphatic heterocycles. The molecule has 2 aliphatic carbocycles. The molecule has 2 saturated carbocycles. The number of benzene rings is 2. The van der Waals surface area contributed by atoms with Crippen molar-refractivity contribution in [1.82, 2.24) is 10.2 Å². The second-order valence-corrected chi connectivity index (χ2v) is 8.86. The van der Waals surface area contributed by atoms with Gasteiger partial charge in [0, 0.05) is 55.0 Å². The second-order valence-electron chi connectivity index (χ2n) is 8.86. The van der Waals surface area contributed by atoms with E-state index in [2.05, 4.69) is 15.5 Å². The molecule has 2 aromatic rings. The molecule has 0 atom stereocenters. The van der Waals surface area contributed by atoms with E-state index in [1.807, 2.05) is 24.3 Å². The molecule has 2 amide bonds. The highest BCUT2D eigenvalue weighted by Gasteiger charge is 2.29. The molecule has 2 N–H and O–H groups in total. The predicted octanol–water partition coefficient (Wildman–Crippen LogP) is 3.60. The molecule has 2 fully saturated rings. The molecular formula is C26H33N3O5. The number of ether oxygens (including phenoxy) is 3. The van der Waals surface area contributed by atoms with Crippen LogP contribution in [-0.2, 0) is 11.3 Å². The summed E-state index contributed by atoms with van der Waals surface area (Å²) >= 11 is 0. The highest BCUT2D eigenvalue weighted by Crippen LogP contribution is 2.40. The molecule has 0 heterocycles. The first-order valence-corrected chi connectivity index (χ1v) is 11.7. The normalized spacial score (nSPS) is 15.1. The molecule has 2 aliphatic rings. The number of hydrogen-bond acceptors (Lipinski definition) is 6. The highest BCUT2D eigenvalue weighted by atomic mass is 16.5. The Hall–Kier alpha value is -3.26. The van der Waals surface area contributed by atoms with Gasteiger partial charge in [-0.05, 0) is 43.4 Å². The Labute approximate surface area is 200 Å². The van der Waals surface area contributed by atoms with E-state index in [4.69, 9.17) is 14.2 Å². The molecule has 0 saturated heterocycles. The van der Waals surface area contributed by atoms with Crippen LogP contribution in [-0.4, -0.2) is 56.7 Å². The maximum Gasteiger partial charge on any atom is 0.251 e. The van der Waals surface area contributed by atoms with Gasteiger partial charge in [-0.25, -0.2) is 0 Å². The van der Waals surface area contributed by atoms with Crippen molar-refractivity contribution in [3.05, 3.63) is 47.5 Å². The van der Waals surface area contributed by atoms with Gasteiger partial charge in [0.25, 0.3) is 5.91 Å². The number of carbonyl (C=O) groups excluding carboxylic acids is 2. The lowest BCUT2D eigenvalue weighted by atomic mass is 10.1. The van der Waals surface area contributed by atoms with E-state index in [9.17, 15) is 9.59 Å². The number of anilines is 1. The molecule has 8 nitrogen and oxygen atoms in total. The second kappa shape index (κ2) is 10.8. The fraction of sp³-hybridized carbons (Fsp3) is 0.462. The average molecular weight is 468 g/mol.